The molecule has 1 aromatic rings. The van der Waals surface area contributed by atoms with Crippen LogP contribution in [0.25, 0.3) is 5.70 Å². The molecule has 2 heteroatoms. The molecule has 0 aliphatic carbocycles. The van der Waals surface area contributed by atoms with Crippen molar-refractivity contribution in [2.75, 3.05) is 0 Å². The second-order valence-electron chi connectivity index (χ2n) is 3.58. The molecule has 1 rings (SSSR count). The number of aromatic nitrogens is 2. The van der Waals surface area contributed by atoms with Gasteiger partial charge in [-0.1, -0.05) is 11.1 Å². The summed E-state index contributed by atoms with van der Waals surface area (Å²) in [6.45, 7) is 8.41. The number of allylic oxidation sites excluding steroid dienone is 4. The average Bonchev–Trinajstić information content (AvgIpc) is 2.50. The number of imidazole rings is 1. The molecule has 0 fully saturated rings. The van der Waals surface area contributed by atoms with Gasteiger partial charge in [-0.3, -0.25) is 0 Å². The minimum atomic E-state index is 1.21. The molecule has 0 bridgehead atoms. The van der Waals surface area contributed by atoms with Crippen molar-refractivity contribution >= 4 is 5.70 Å². The van der Waals surface area contributed by atoms with E-state index in [1.807, 2.05) is 17.1 Å². The lowest BCUT2D eigenvalue weighted by Gasteiger charge is -2.06. The second kappa shape index (κ2) is 4.08. The van der Waals surface area contributed by atoms with Gasteiger partial charge in [0.25, 0.3) is 0 Å². The maximum atomic E-state index is 4.03. The molecular formula is C11H16N2. The van der Waals surface area contributed by atoms with Crippen LogP contribution in [-0.2, 0) is 0 Å². The maximum absolute atomic E-state index is 4.03. The minimum Gasteiger partial charge on any atom is -0.306 e. The first kappa shape index (κ1) is 9.78. The molecule has 0 spiro atoms. The lowest BCUT2D eigenvalue weighted by molar-refractivity contribution is 1.07. The van der Waals surface area contributed by atoms with E-state index in [2.05, 4.69) is 38.8 Å². The summed E-state index contributed by atoms with van der Waals surface area (Å²) in [4.78, 5) is 4.03. The lowest BCUT2D eigenvalue weighted by Crippen LogP contribution is -1.93. The van der Waals surface area contributed by atoms with Gasteiger partial charge in [-0.05, 0) is 33.8 Å². The van der Waals surface area contributed by atoms with Gasteiger partial charge in [0.2, 0.25) is 0 Å². The summed E-state index contributed by atoms with van der Waals surface area (Å²) in [7, 11) is 0. The predicted octanol–water partition coefficient (Wildman–Crippen LogP) is 3.10. The van der Waals surface area contributed by atoms with E-state index in [1.54, 1.807) is 6.20 Å². The predicted molar refractivity (Wildman–Crippen MR) is 56.2 cm³/mol. The normalized spacial score (nSPS) is 9.54. The first-order valence-corrected chi connectivity index (χ1v) is 4.42. The van der Waals surface area contributed by atoms with Gasteiger partial charge in [0.05, 0.1) is 6.33 Å². The molecule has 0 saturated heterocycles. The Bertz CT molecular complexity index is 321. The Hall–Kier alpha value is -1.31. The number of hydrogen-bond donors (Lipinski definition) is 0. The molecule has 0 aliphatic heterocycles. The molecule has 0 aromatic carbocycles. The standard InChI is InChI=1S/C11H16N2/c1-9(2)7-11(10(3)4)13-6-5-12-8-13/h5-8H,1-4H3. The van der Waals surface area contributed by atoms with Crippen molar-refractivity contribution in [2.45, 2.75) is 27.7 Å². The van der Waals surface area contributed by atoms with Crippen LogP contribution in [0.15, 0.2) is 35.9 Å². The topological polar surface area (TPSA) is 17.8 Å². The molecule has 0 unspecified atom stereocenters. The monoisotopic (exact) mass is 176 g/mol. The highest BCUT2D eigenvalue weighted by molar-refractivity contribution is 5.60. The van der Waals surface area contributed by atoms with Crippen LogP contribution in [-0.4, -0.2) is 9.55 Å². The van der Waals surface area contributed by atoms with E-state index in [0.717, 1.165) is 0 Å². The third-order valence-corrected chi connectivity index (χ3v) is 1.72. The van der Waals surface area contributed by atoms with E-state index in [9.17, 15) is 0 Å². The van der Waals surface area contributed by atoms with E-state index in [0.29, 0.717) is 0 Å². The Morgan fingerprint density at radius 3 is 2.31 bits per heavy atom. The summed E-state index contributed by atoms with van der Waals surface area (Å²) in [5.41, 5.74) is 3.79. The molecule has 2 nitrogen and oxygen atoms in total. The molecule has 0 atom stereocenters. The molecule has 1 aromatic heterocycles. The van der Waals surface area contributed by atoms with Crippen LogP contribution in [0.1, 0.15) is 27.7 Å². The van der Waals surface area contributed by atoms with Crippen molar-refractivity contribution in [3.8, 4) is 0 Å². The summed E-state index contributed by atoms with van der Waals surface area (Å²) in [5, 5.41) is 0. The molecule has 0 N–H and O–H groups in total. The first-order valence-electron chi connectivity index (χ1n) is 4.42. The Morgan fingerprint density at radius 1 is 1.23 bits per heavy atom. The van der Waals surface area contributed by atoms with E-state index in [-0.39, 0.29) is 0 Å². The third-order valence-electron chi connectivity index (χ3n) is 1.72. The van der Waals surface area contributed by atoms with E-state index >= 15 is 0 Å². The van der Waals surface area contributed by atoms with Gasteiger partial charge in [-0.25, -0.2) is 4.98 Å². The van der Waals surface area contributed by atoms with E-state index in [1.165, 1.54) is 16.8 Å². The van der Waals surface area contributed by atoms with Gasteiger partial charge >= 0.3 is 0 Å². The summed E-state index contributed by atoms with van der Waals surface area (Å²) >= 11 is 0. The Labute approximate surface area is 79.6 Å². The summed E-state index contributed by atoms with van der Waals surface area (Å²) < 4.78 is 2.03. The quantitative estimate of drug-likeness (QED) is 0.633. The van der Waals surface area contributed by atoms with Gasteiger partial charge in [-0.15, -0.1) is 0 Å². The molecule has 1 heterocycles. The van der Waals surface area contributed by atoms with Crippen molar-refractivity contribution in [2.24, 2.45) is 0 Å². The van der Waals surface area contributed by atoms with Gasteiger partial charge in [0.1, 0.15) is 0 Å². The summed E-state index contributed by atoms with van der Waals surface area (Å²) in [5.74, 6) is 0. The Morgan fingerprint density at radius 2 is 1.92 bits per heavy atom. The maximum Gasteiger partial charge on any atom is 0.0991 e. The molecule has 13 heavy (non-hydrogen) atoms. The van der Waals surface area contributed by atoms with E-state index < -0.39 is 0 Å². The van der Waals surface area contributed by atoms with Crippen molar-refractivity contribution in [3.63, 3.8) is 0 Å². The molecule has 0 aliphatic rings. The number of rotatable bonds is 2. The molecule has 0 saturated carbocycles. The van der Waals surface area contributed by atoms with Crippen LogP contribution in [0.3, 0.4) is 0 Å². The highest BCUT2D eigenvalue weighted by Gasteiger charge is 1.97. The Balaban J connectivity index is 3.10. The summed E-state index contributed by atoms with van der Waals surface area (Å²) in [6.07, 6.45) is 7.74. The highest BCUT2D eigenvalue weighted by Crippen LogP contribution is 2.13. The number of hydrogen-bond acceptors (Lipinski definition) is 1. The SMILES string of the molecule is CC(C)=CC(=C(C)C)n1ccnc1. The van der Waals surface area contributed by atoms with Crippen LogP contribution in [0.2, 0.25) is 0 Å². The van der Waals surface area contributed by atoms with Crippen molar-refractivity contribution < 1.29 is 0 Å². The first-order chi connectivity index (χ1) is 6.11. The fraction of sp³-hybridized carbons (Fsp3) is 0.364. The zero-order valence-electron chi connectivity index (χ0n) is 8.70. The molecule has 70 valence electrons. The van der Waals surface area contributed by atoms with Crippen molar-refractivity contribution in [1.82, 2.24) is 9.55 Å². The fourth-order valence-corrected chi connectivity index (χ4v) is 1.15. The van der Waals surface area contributed by atoms with Crippen LogP contribution >= 0.6 is 0 Å². The van der Waals surface area contributed by atoms with Crippen LogP contribution in [0.5, 0.6) is 0 Å². The van der Waals surface area contributed by atoms with Gasteiger partial charge < -0.3 is 4.57 Å². The van der Waals surface area contributed by atoms with Crippen LogP contribution in [0, 0.1) is 0 Å². The van der Waals surface area contributed by atoms with Crippen LogP contribution < -0.4 is 0 Å². The Kier molecular flexibility index (Phi) is 3.07. The smallest absolute Gasteiger partial charge is 0.0991 e. The lowest BCUT2D eigenvalue weighted by atomic mass is 10.2. The highest BCUT2D eigenvalue weighted by atomic mass is 15.0. The zero-order valence-corrected chi connectivity index (χ0v) is 8.70. The summed E-state index contributed by atoms with van der Waals surface area (Å²) in [6, 6.07) is 0. The minimum absolute atomic E-state index is 1.21. The van der Waals surface area contributed by atoms with Gasteiger partial charge in [0.15, 0.2) is 0 Å². The average molecular weight is 176 g/mol. The molecule has 0 amide bonds. The van der Waals surface area contributed by atoms with E-state index in [4.69, 9.17) is 0 Å². The van der Waals surface area contributed by atoms with Crippen molar-refractivity contribution in [1.29, 1.82) is 0 Å². The van der Waals surface area contributed by atoms with Crippen molar-refractivity contribution in [3.05, 3.63) is 35.9 Å². The van der Waals surface area contributed by atoms with Crippen LogP contribution in [0.4, 0.5) is 0 Å². The number of nitrogens with zero attached hydrogens (tertiary/aromatic N) is 2. The molecular weight excluding hydrogens is 160 g/mol. The molecule has 0 radical (unpaired) electrons. The second-order valence-corrected chi connectivity index (χ2v) is 3.58. The fourth-order valence-electron chi connectivity index (χ4n) is 1.15. The third kappa shape index (κ3) is 2.58. The van der Waals surface area contributed by atoms with Gasteiger partial charge in [-0.2, -0.15) is 0 Å². The van der Waals surface area contributed by atoms with Gasteiger partial charge in [0, 0.05) is 18.1 Å². The largest absolute Gasteiger partial charge is 0.306 e. The zero-order chi connectivity index (χ0) is 9.84.